The molecule has 1 saturated heterocycles. The highest BCUT2D eigenvalue weighted by Crippen LogP contribution is 2.37. The number of benzene rings is 2. The first-order valence-electron chi connectivity index (χ1n) is 12.0. The Labute approximate surface area is 214 Å². The number of hydrogen-bond donors (Lipinski definition) is 3. The fourth-order valence-electron chi connectivity index (χ4n) is 5.00. The molecule has 0 radical (unpaired) electrons. The van der Waals surface area contributed by atoms with Crippen LogP contribution in [-0.2, 0) is 14.4 Å². The highest BCUT2D eigenvalue weighted by molar-refractivity contribution is 6.11. The number of rotatable bonds is 8. The zero-order valence-corrected chi connectivity index (χ0v) is 21.3. The average Bonchev–Trinajstić information content (AvgIpc) is 3.22. The maximum absolute atomic E-state index is 13.6. The summed E-state index contributed by atoms with van der Waals surface area (Å²) in [5, 5.41) is 14.8. The largest absolute Gasteiger partial charge is 0.497 e. The first-order chi connectivity index (χ1) is 17.5. The van der Waals surface area contributed by atoms with Gasteiger partial charge in [0.25, 0.3) is 5.91 Å². The van der Waals surface area contributed by atoms with Gasteiger partial charge in [0.1, 0.15) is 17.5 Å². The molecule has 2 aliphatic heterocycles. The molecular weight excluding hydrogens is 478 g/mol. The molecule has 2 aliphatic rings. The van der Waals surface area contributed by atoms with Gasteiger partial charge in [-0.15, -0.1) is 0 Å². The molecule has 2 aromatic rings. The Morgan fingerprint density at radius 2 is 1.84 bits per heavy atom. The van der Waals surface area contributed by atoms with E-state index < -0.39 is 23.5 Å². The molecule has 4 rings (SSSR count). The molecule has 1 fully saturated rings. The van der Waals surface area contributed by atoms with Crippen molar-refractivity contribution in [3.8, 4) is 22.6 Å². The topological polar surface area (TPSA) is 134 Å². The van der Waals surface area contributed by atoms with E-state index in [-0.39, 0.29) is 43.5 Å². The third kappa shape index (κ3) is 5.52. The summed E-state index contributed by atoms with van der Waals surface area (Å²) in [6.07, 6.45) is 0.158. The van der Waals surface area contributed by atoms with Crippen molar-refractivity contribution in [2.75, 3.05) is 26.1 Å². The van der Waals surface area contributed by atoms with Crippen LogP contribution < -0.4 is 20.1 Å². The molecule has 0 aliphatic carbocycles. The van der Waals surface area contributed by atoms with Gasteiger partial charge in [-0.25, -0.2) is 0 Å². The molecule has 2 aromatic carbocycles. The zero-order chi connectivity index (χ0) is 26.9. The van der Waals surface area contributed by atoms with Gasteiger partial charge in [0, 0.05) is 30.6 Å². The Kier molecular flexibility index (Phi) is 7.11. The summed E-state index contributed by atoms with van der Waals surface area (Å²) in [6.45, 7) is 3.61. The molecule has 0 spiro atoms. The zero-order valence-electron chi connectivity index (χ0n) is 21.3. The van der Waals surface area contributed by atoms with Gasteiger partial charge in [-0.3, -0.25) is 19.2 Å². The molecule has 10 nitrogen and oxygen atoms in total. The lowest BCUT2D eigenvalue weighted by atomic mass is 9.85. The second-order valence-electron chi connectivity index (χ2n) is 10.2. The molecule has 0 saturated carbocycles. The SMILES string of the molecule is COc1ccc(-c2ccc3c(c2)C(=O)N2C[C@@H](NC(=O)CC(C)(C)CC(=O)O)C[C@H]2C(=O)N3)c(OC)c1. The van der Waals surface area contributed by atoms with Gasteiger partial charge >= 0.3 is 5.97 Å². The molecule has 0 aromatic heterocycles. The first-order valence-corrected chi connectivity index (χ1v) is 12.0. The standard InChI is InChI=1S/C27H31N3O7/c1-27(2,13-24(32)33)12-23(31)28-16-10-21-25(34)29-20-8-5-15(9-19(20)26(35)30(21)14-16)18-7-6-17(36-3)11-22(18)37-4/h5-9,11,16,21H,10,12-14H2,1-4H3,(H,28,31)(H,29,34)(H,32,33)/t16-,21-/m0/s1. The number of amides is 3. The summed E-state index contributed by atoms with van der Waals surface area (Å²) in [5.41, 5.74) is 1.56. The van der Waals surface area contributed by atoms with Crippen LogP contribution in [0, 0.1) is 5.41 Å². The molecule has 3 N–H and O–H groups in total. The smallest absolute Gasteiger partial charge is 0.303 e. The highest BCUT2D eigenvalue weighted by Gasteiger charge is 2.43. The number of fused-ring (bicyclic) bond motifs is 2. The maximum atomic E-state index is 13.6. The Bertz CT molecular complexity index is 1260. The third-order valence-corrected chi connectivity index (χ3v) is 6.73. The van der Waals surface area contributed by atoms with Crippen LogP contribution in [0.1, 0.15) is 43.5 Å². The Morgan fingerprint density at radius 3 is 2.51 bits per heavy atom. The predicted octanol–water partition coefficient (Wildman–Crippen LogP) is 2.91. The van der Waals surface area contributed by atoms with Crippen molar-refractivity contribution in [3.05, 3.63) is 42.0 Å². The van der Waals surface area contributed by atoms with Crippen molar-refractivity contribution in [1.29, 1.82) is 0 Å². The lowest BCUT2D eigenvalue weighted by Gasteiger charge is -2.23. The number of carboxylic acid groups (broad SMARTS) is 1. The molecule has 0 unspecified atom stereocenters. The van der Waals surface area contributed by atoms with E-state index in [1.165, 1.54) is 4.90 Å². The molecule has 2 atom stereocenters. The van der Waals surface area contributed by atoms with Crippen LogP contribution in [0.3, 0.4) is 0 Å². The molecule has 0 bridgehead atoms. The number of carbonyl (C=O) groups excluding carboxylic acids is 3. The minimum absolute atomic E-state index is 0.0243. The van der Waals surface area contributed by atoms with Gasteiger partial charge in [-0.2, -0.15) is 0 Å². The number of nitrogens with zero attached hydrogens (tertiary/aromatic N) is 1. The van der Waals surface area contributed by atoms with E-state index in [0.29, 0.717) is 22.7 Å². The van der Waals surface area contributed by atoms with E-state index >= 15 is 0 Å². The van der Waals surface area contributed by atoms with Crippen molar-refractivity contribution >= 4 is 29.4 Å². The van der Waals surface area contributed by atoms with E-state index in [1.54, 1.807) is 52.3 Å². The number of anilines is 1. The number of aliphatic carboxylic acids is 1. The normalized spacial score (nSPS) is 18.9. The lowest BCUT2D eigenvalue weighted by Crippen LogP contribution is -2.41. The van der Waals surface area contributed by atoms with Crippen LogP contribution in [0.5, 0.6) is 11.5 Å². The minimum atomic E-state index is -0.973. The fraction of sp³-hybridized carbons (Fsp3) is 0.407. The van der Waals surface area contributed by atoms with E-state index in [2.05, 4.69) is 10.6 Å². The number of carbonyl (C=O) groups is 4. The predicted molar refractivity (Wildman–Crippen MR) is 136 cm³/mol. The number of methoxy groups -OCH3 is 2. The van der Waals surface area contributed by atoms with Crippen molar-refractivity contribution < 1.29 is 33.8 Å². The van der Waals surface area contributed by atoms with Crippen molar-refractivity contribution in [3.63, 3.8) is 0 Å². The van der Waals surface area contributed by atoms with Crippen LogP contribution in [0.25, 0.3) is 11.1 Å². The number of ether oxygens (including phenoxy) is 2. The highest BCUT2D eigenvalue weighted by atomic mass is 16.5. The van der Waals surface area contributed by atoms with Gasteiger partial charge in [0.05, 0.1) is 31.9 Å². The fourth-order valence-corrected chi connectivity index (χ4v) is 5.00. The quantitative estimate of drug-likeness (QED) is 0.498. The van der Waals surface area contributed by atoms with E-state index in [1.807, 2.05) is 12.1 Å². The Morgan fingerprint density at radius 1 is 1.08 bits per heavy atom. The second-order valence-corrected chi connectivity index (χ2v) is 10.2. The number of carboxylic acids is 1. The average molecular weight is 510 g/mol. The Balaban J connectivity index is 1.55. The van der Waals surface area contributed by atoms with Crippen LogP contribution in [0.4, 0.5) is 5.69 Å². The van der Waals surface area contributed by atoms with Crippen molar-refractivity contribution in [1.82, 2.24) is 10.2 Å². The van der Waals surface area contributed by atoms with Gasteiger partial charge in [-0.05, 0) is 41.7 Å². The lowest BCUT2D eigenvalue weighted by molar-refractivity contribution is -0.139. The van der Waals surface area contributed by atoms with Crippen LogP contribution >= 0.6 is 0 Å². The molecule has 3 amide bonds. The van der Waals surface area contributed by atoms with Gasteiger partial charge < -0.3 is 30.1 Å². The molecule has 2 heterocycles. The number of hydrogen-bond acceptors (Lipinski definition) is 6. The monoisotopic (exact) mass is 509 g/mol. The van der Waals surface area contributed by atoms with E-state index in [0.717, 1.165) is 11.1 Å². The van der Waals surface area contributed by atoms with Crippen LogP contribution in [-0.4, -0.2) is 66.5 Å². The summed E-state index contributed by atoms with van der Waals surface area (Å²) >= 11 is 0. The summed E-state index contributed by atoms with van der Waals surface area (Å²) in [7, 11) is 3.12. The van der Waals surface area contributed by atoms with Crippen molar-refractivity contribution in [2.45, 2.75) is 45.2 Å². The van der Waals surface area contributed by atoms with E-state index in [4.69, 9.17) is 14.6 Å². The van der Waals surface area contributed by atoms with Gasteiger partial charge in [0.2, 0.25) is 11.8 Å². The third-order valence-electron chi connectivity index (χ3n) is 6.73. The molecule has 37 heavy (non-hydrogen) atoms. The number of nitrogens with one attached hydrogen (secondary N) is 2. The van der Waals surface area contributed by atoms with Crippen molar-refractivity contribution in [2.24, 2.45) is 5.41 Å². The summed E-state index contributed by atoms with van der Waals surface area (Å²) in [4.78, 5) is 51.7. The second kappa shape index (κ2) is 10.1. The summed E-state index contributed by atoms with van der Waals surface area (Å²) < 4.78 is 10.8. The summed E-state index contributed by atoms with van der Waals surface area (Å²) in [6, 6.07) is 9.50. The van der Waals surface area contributed by atoms with Gasteiger partial charge in [0.15, 0.2) is 0 Å². The Hall–Kier alpha value is -4.08. The maximum Gasteiger partial charge on any atom is 0.303 e. The molecular formula is C27H31N3O7. The van der Waals surface area contributed by atoms with Crippen LogP contribution in [0.2, 0.25) is 0 Å². The summed E-state index contributed by atoms with van der Waals surface area (Å²) in [5.74, 6) is -0.689. The molecule has 196 valence electrons. The first kappa shape index (κ1) is 26.0. The van der Waals surface area contributed by atoms with E-state index in [9.17, 15) is 19.2 Å². The minimum Gasteiger partial charge on any atom is -0.497 e. The van der Waals surface area contributed by atoms with Crippen LogP contribution in [0.15, 0.2) is 36.4 Å². The van der Waals surface area contributed by atoms with Gasteiger partial charge in [-0.1, -0.05) is 19.9 Å². The molecule has 10 heteroatoms.